The van der Waals surface area contributed by atoms with Gasteiger partial charge in [-0.15, -0.1) is 0 Å². The summed E-state index contributed by atoms with van der Waals surface area (Å²) in [6, 6.07) is 0.304. The van der Waals surface area contributed by atoms with E-state index < -0.39 is 6.10 Å². The molecule has 1 saturated carbocycles. The number of carbonyl (C=O) groups excluding carboxylic acids is 1. The van der Waals surface area contributed by atoms with Crippen LogP contribution in [0.5, 0.6) is 5.75 Å². The molecule has 0 saturated heterocycles. The van der Waals surface area contributed by atoms with Crippen LogP contribution in [0.4, 0.5) is 0 Å². The number of nitrogens with zero attached hydrogens (tertiary/aromatic N) is 2. The van der Waals surface area contributed by atoms with E-state index in [0.29, 0.717) is 24.8 Å². The molecule has 2 atom stereocenters. The molecule has 2 rings (SSSR count). The van der Waals surface area contributed by atoms with Crippen LogP contribution in [-0.2, 0) is 9.53 Å². The van der Waals surface area contributed by atoms with Crippen LogP contribution < -0.4 is 4.74 Å². The molecule has 1 aromatic heterocycles. The van der Waals surface area contributed by atoms with Gasteiger partial charge in [-0.05, 0) is 20.8 Å². The Balaban J connectivity index is 1.94. The Hall–Kier alpha value is -1.36. The molecular weight excluding hydrogens is 220 g/mol. The Bertz CT molecular complexity index is 400. The van der Waals surface area contributed by atoms with Crippen molar-refractivity contribution in [2.45, 2.75) is 45.4 Å². The summed E-state index contributed by atoms with van der Waals surface area (Å²) >= 11 is 0. The zero-order chi connectivity index (χ0) is 12.4. The van der Waals surface area contributed by atoms with Gasteiger partial charge in [-0.25, -0.2) is 0 Å². The van der Waals surface area contributed by atoms with Gasteiger partial charge in [0.05, 0.1) is 12.4 Å². The fourth-order valence-corrected chi connectivity index (χ4v) is 1.79. The fraction of sp³-hybridized carbons (Fsp3) is 0.667. The van der Waals surface area contributed by atoms with E-state index in [0.717, 1.165) is 0 Å². The summed E-state index contributed by atoms with van der Waals surface area (Å²) in [7, 11) is 0. The van der Waals surface area contributed by atoms with E-state index in [-0.39, 0.29) is 11.9 Å². The van der Waals surface area contributed by atoms with Crippen molar-refractivity contribution in [3.63, 3.8) is 0 Å². The topological polar surface area (TPSA) is 53.4 Å². The van der Waals surface area contributed by atoms with Gasteiger partial charge >= 0.3 is 0 Å². The first-order valence-electron chi connectivity index (χ1n) is 5.97. The molecule has 0 spiro atoms. The smallest absolute Gasteiger partial charge is 0.169 e. The molecule has 0 amide bonds. The third kappa shape index (κ3) is 2.49. The summed E-state index contributed by atoms with van der Waals surface area (Å²) in [4.78, 5) is 11.3. The van der Waals surface area contributed by atoms with Crippen LogP contribution in [0.1, 0.15) is 33.2 Å². The normalized spacial score (nSPS) is 23.9. The second-order valence-electron chi connectivity index (χ2n) is 4.45. The van der Waals surface area contributed by atoms with Crippen molar-refractivity contribution in [1.29, 1.82) is 0 Å². The second kappa shape index (κ2) is 4.87. The van der Waals surface area contributed by atoms with Crippen LogP contribution in [0.2, 0.25) is 0 Å². The number of carbonyl (C=O) groups is 1. The third-order valence-electron chi connectivity index (χ3n) is 2.80. The Kier molecular flexibility index (Phi) is 3.47. The molecule has 0 aliphatic heterocycles. The van der Waals surface area contributed by atoms with E-state index in [4.69, 9.17) is 9.47 Å². The van der Waals surface area contributed by atoms with Crippen LogP contribution in [0.3, 0.4) is 0 Å². The molecule has 1 fully saturated rings. The van der Waals surface area contributed by atoms with Gasteiger partial charge in [0.25, 0.3) is 0 Å². The van der Waals surface area contributed by atoms with Crippen molar-refractivity contribution in [2.24, 2.45) is 0 Å². The predicted molar refractivity (Wildman–Crippen MR) is 62.1 cm³/mol. The number of hydrogen-bond donors (Lipinski definition) is 0. The van der Waals surface area contributed by atoms with Crippen molar-refractivity contribution in [3.05, 3.63) is 12.4 Å². The van der Waals surface area contributed by atoms with Crippen LogP contribution in [0.25, 0.3) is 0 Å². The average molecular weight is 238 g/mol. The van der Waals surface area contributed by atoms with Crippen LogP contribution in [0, 0.1) is 0 Å². The Morgan fingerprint density at radius 3 is 2.88 bits per heavy atom. The summed E-state index contributed by atoms with van der Waals surface area (Å²) in [6.07, 6.45) is 3.38. The first kappa shape index (κ1) is 12.1. The molecule has 5 heteroatoms. The maximum Gasteiger partial charge on any atom is 0.169 e. The quantitative estimate of drug-likeness (QED) is 0.781. The fourth-order valence-electron chi connectivity index (χ4n) is 1.79. The highest BCUT2D eigenvalue weighted by Crippen LogP contribution is 2.25. The number of aromatic nitrogens is 2. The minimum absolute atomic E-state index is 0.119. The molecule has 0 N–H and O–H groups in total. The van der Waals surface area contributed by atoms with Crippen LogP contribution in [-0.4, -0.2) is 34.4 Å². The number of rotatable bonds is 5. The van der Waals surface area contributed by atoms with Crippen molar-refractivity contribution >= 4 is 5.78 Å². The summed E-state index contributed by atoms with van der Waals surface area (Å²) in [5, 5.41) is 4.18. The van der Waals surface area contributed by atoms with E-state index in [1.54, 1.807) is 6.20 Å². The molecule has 17 heavy (non-hydrogen) atoms. The lowest BCUT2D eigenvalue weighted by Crippen LogP contribution is -2.52. The van der Waals surface area contributed by atoms with E-state index in [2.05, 4.69) is 5.10 Å². The van der Waals surface area contributed by atoms with Crippen molar-refractivity contribution in [2.75, 3.05) is 6.61 Å². The number of ether oxygens (including phenoxy) is 2. The third-order valence-corrected chi connectivity index (χ3v) is 2.80. The van der Waals surface area contributed by atoms with Gasteiger partial charge in [0, 0.05) is 19.1 Å². The molecule has 1 aromatic rings. The number of ketones is 1. The summed E-state index contributed by atoms with van der Waals surface area (Å²) in [5.41, 5.74) is 0. The lowest BCUT2D eigenvalue weighted by atomic mass is 9.90. The maximum absolute atomic E-state index is 11.3. The van der Waals surface area contributed by atoms with Crippen molar-refractivity contribution in [1.82, 2.24) is 9.78 Å². The first-order valence-corrected chi connectivity index (χ1v) is 5.97. The van der Waals surface area contributed by atoms with Gasteiger partial charge in [-0.2, -0.15) is 5.10 Å². The number of hydrogen-bond acceptors (Lipinski definition) is 4. The number of Topliss-reactive ketones (excluding diaryl/α,β-unsaturated/α-hetero) is 1. The van der Waals surface area contributed by atoms with E-state index in [9.17, 15) is 4.79 Å². The van der Waals surface area contributed by atoms with E-state index >= 15 is 0 Å². The molecule has 1 aliphatic carbocycles. The zero-order valence-electron chi connectivity index (χ0n) is 10.4. The predicted octanol–water partition coefficient (Wildman–Crippen LogP) is 1.59. The second-order valence-corrected chi connectivity index (χ2v) is 4.45. The highest BCUT2D eigenvalue weighted by Gasteiger charge is 2.42. The lowest BCUT2D eigenvalue weighted by Gasteiger charge is -2.33. The molecule has 94 valence electrons. The summed E-state index contributed by atoms with van der Waals surface area (Å²) < 4.78 is 12.8. The molecule has 0 aromatic carbocycles. The minimum Gasteiger partial charge on any atom is -0.483 e. The largest absolute Gasteiger partial charge is 0.483 e. The molecule has 1 heterocycles. The van der Waals surface area contributed by atoms with Crippen molar-refractivity contribution in [3.8, 4) is 5.75 Å². The molecule has 1 aliphatic rings. The minimum atomic E-state index is -0.401. The molecule has 0 bridgehead atoms. The SMILES string of the molecule is CCOC1C(=O)CC1Oc1cnn(C(C)C)c1. The highest BCUT2D eigenvalue weighted by molar-refractivity contribution is 5.90. The Morgan fingerprint density at radius 1 is 1.59 bits per heavy atom. The monoisotopic (exact) mass is 238 g/mol. The van der Waals surface area contributed by atoms with Gasteiger partial charge in [0.2, 0.25) is 0 Å². The standard InChI is InChI=1S/C12H18N2O3/c1-4-16-12-10(15)5-11(12)17-9-6-13-14(7-9)8(2)3/h6-8,11-12H,4-5H2,1-3H3. The van der Waals surface area contributed by atoms with Gasteiger partial charge in [-0.1, -0.05) is 0 Å². The van der Waals surface area contributed by atoms with Gasteiger partial charge in [0.15, 0.2) is 17.6 Å². The molecule has 2 unspecified atom stereocenters. The molecular formula is C12H18N2O3. The Labute approximate surface area is 101 Å². The Morgan fingerprint density at radius 2 is 2.35 bits per heavy atom. The van der Waals surface area contributed by atoms with Crippen molar-refractivity contribution < 1.29 is 14.3 Å². The van der Waals surface area contributed by atoms with Crippen LogP contribution >= 0.6 is 0 Å². The van der Waals surface area contributed by atoms with Gasteiger partial charge in [-0.3, -0.25) is 9.48 Å². The zero-order valence-corrected chi connectivity index (χ0v) is 10.4. The maximum atomic E-state index is 11.3. The van der Waals surface area contributed by atoms with Gasteiger partial charge in [0.1, 0.15) is 6.10 Å². The van der Waals surface area contributed by atoms with Crippen LogP contribution in [0.15, 0.2) is 12.4 Å². The average Bonchev–Trinajstić information content (AvgIpc) is 2.74. The first-order chi connectivity index (χ1) is 8.11. The summed E-state index contributed by atoms with van der Waals surface area (Å²) in [5.74, 6) is 0.814. The highest BCUT2D eigenvalue weighted by atomic mass is 16.5. The van der Waals surface area contributed by atoms with Gasteiger partial charge < -0.3 is 9.47 Å². The molecule has 5 nitrogen and oxygen atoms in total. The van der Waals surface area contributed by atoms with E-state index in [1.165, 1.54) is 0 Å². The molecule has 0 radical (unpaired) electrons. The lowest BCUT2D eigenvalue weighted by molar-refractivity contribution is -0.154. The summed E-state index contributed by atoms with van der Waals surface area (Å²) in [6.45, 7) is 6.50. The van der Waals surface area contributed by atoms with E-state index in [1.807, 2.05) is 31.6 Å².